The van der Waals surface area contributed by atoms with E-state index in [1.807, 2.05) is 11.9 Å². The average Bonchev–Trinajstić information content (AvgIpc) is 3.05. The zero-order chi connectivity index (χ0) is 17.4. The molecule has 1 N–H and O–H groups in total. The average molecular weight is 350 g/mol. The Bertz CT molecular complexity index is 657. The van der Waals surface area contributed by atoms with Crippen LogP contribution in [-0.4, -0.2) is 43.1 Å². The smallest absolute Gasteiger partial charge is 0.193 e. The Labute approximate surface area is 146 Å². The quantitative estimate of drug-likeness (QED) is 0.616. The molecule has 1 heterocycles. The molecule has 0 aliphatic rings. The minimum atomic E-state index is -0.266. The number of rotatable bonds is 7. The molecule has 1 aromatic carbocycles. The molecule has 0 fully saturated rings. The molecule has 0 amide bonds. The van der Waals surface area contributed by atoms with Crippen LogP contribution in [0.2, 0.25) is 0 Å². The number of thiazole rings is 1. The van der Waals surface area contributed by atoms with E-state index in [4.69, 9.17) is 4.74 Å². The first-order chi connectivity index (χ1) is 11.6. The molecule has 0 saturated carbocycles. The second kappa shape index (κ2) is 9.22. The summed E-state index contributed by atoms with van der Waals surface area (Å²) in [6.45, 7) is 3.89. The fourth-order valence-corrected chi connectivity index (χ4v) is 2.83. The summed E-state index contributed by atoms with van der Waals surface area (Å²) in [5.74, 6) is 1.17. The molecule has 2 rings (SSSR count). The van der Waals surface area contributed by atoms with Gasteiger partial charge >= 0.3 is 0 Å². The van der Waals surface area contributed by atoms with E-state index in [2.05, 4.69) is 27.6 Å². The van der Waals surface area contributed by atoms with E-state index in [0.29, 0.717) is 25.4 Å². The van der Waals surface area contributed by atoms with Gasteiger partial charge in [-0.05, 0) is 30.7 Å². The predicted molar refractivity (Wildman–Crippen MR) is 96.2 cm³/mol. The molecule has 5 nitrogen and oxygen atoms in total. The molecular formula is C17H23FN4OS. The van der Waals surface area contributed by atoms with E-state index < -0.39 is 0 Å². The maximum Gasteiger partial charge on any atom is 0.193 e. The second-order valence-electron chi connectivity index (χ2n) is 5.21. The van der Waals surface area contributed by atoms with Gasteiger partial charge in [0.25, 0.3) is 0 Å². The van der Waals surface area contributed by atoms with E-state index in [-0.39, 0.29) is 5.82 Å². The van der Waals surface area contributed by atoms with Crippen molar-refractivity contribution in [3.05, 3.63) is 46.2 Å². The van der Waals surface area contributed by atoms with Gasteiger partial charge in [0.1, 0.15) is 18.2 Å². The zero-order valence-corrected chi connectivity index (χ0v) is 15.1. The van der Waals surface area contributed by atoms with Gasteiger partial charge < -0.3 is 15.0 Å². The summed E-state index contributed by atoms with van der Waals surface area (Å²) in [7, 11) is 3.69. The number of hydrogen-bond donors (Lipinski definition) is 1. The molecule has 0 unspecified atom stereocenters. The summed E-state index contributed by atoms with van der Waals surface area (Å²) in [4.78, 5) is 10.8. The molecule has 130 valence electrons. The van der Waals surface area contributed by atoms with Crippen LogP contribution in [-0.2, 0) is 13.0 Å². The van der Waals surface area contributed by atoms with Crippen LogP contribution in [0.5, 0.6) is 5.75 Å². The number of halogens is 1. The third-order valence-corrected chi connectivity index (χ3v) is 4.45. The van der Waals surface area contributed by atoms with Crippen LogP contribution in [0.25, 0.3) is 0 Å². The fraction of sp³-hybridized carbons (Fsp3) is 0.412. The summed E-state index contributed by atoms with van der Waals surface area (Å²) in [6.07, 6.45) is 0.958. The Balaban J connectivity index is 1.76. The molecule has 0 radical (unpaired) electrons. The van der Waals surface area contributed by atoms with Crippen molar-refractivity contribution in [1.29, 1.82) is 0 Å². The molecule has 0 spiro atoms. The Morgan fingerprint density at radius 1 is 1.38 bits per heavy atom. The van der Waals surface area contributed by atoms with Crippen molar-refractivity contribution < 1.29 is 9.13 Å². The minimum absolute atomic E-state index is 0.266. The van der Waals surface area contributed by atoms with Crippen LogP contribution >= 0.6 is 11.3 Å². The second-order valence-corrected chi connectivity index (χ2v) is 6.15. The molecule has 1 aromatic heterocycles. The highest BCUT2D eigenvalue weighted by Gasteiger charge is 2.07. The van der Waals surface area contributed by atoms with Gasteiger partial charge in [-0.1, -0.05) is 6.92 Å². The maximum atomic E-state index is 12.8. The van der Waals surface area contributed by atoms with Crippen LogP contribution in [0.1, 0.15) is 17.6 Å². The third-order valence-electron chi connectivity index (χ3n) is 3.41. The molecule has 0 atom stereocenters. The number of aliphatic imine (C=N–C) groups is 1. The number of likely N-dealkylation sites (N-methyl/N-ethyl adjacent to an activating group) is 1. The lowest BCUT2D eigenvalue weighted by molar-refractivity contribution is 0.281. The third kappa shape index (κ3) is 5.49. The van der Waals surface area contributed by atoms with E-state index in [1.165, 1.54) is 12.1 Å². The lowest BCUT2D eigenvalue weighted by atomic mass is 10.3. The highest BCUT2D eigenvalue weighted by molar-refractivity contribution is 7.09. The number of benzene rings is 1. The Kier molecular flexibility index (Phi) is 6.99. The summed E-state index contributed by atoms with van der Waals surface area (Å²) in [5.41, 5.74) is 1.02. The Morgan fingerprint density at radius 2 is 2.12 bits per heavy atom. The van der Waals surface area contributed by atoms with Crippen LogP contribution < -0.4 is 10.1 Å². The van der Waals surface area contributed by atoms with Crippen LogP contribution in [0.4, 0.5) is 4.39 Å². The lowest BCUT2D eigenvalue weighted by Gasteiger charge is -2.21. The monoisotopic (exact) mass is 350 g/mol. The molecule has 24 heavy (non-hydrogen) atoms. The summed E-state index contributed by atoms with van der Waals surface area (Å²) >= 11 is 1.68. The molecule has 0 bridgehead atoms. The van der Waals surface area contributed by atoms with Gasteiger partial charge in [-0.2, -0.15) is 0 Å². The highest BCUT2D eigenvalue weighted by Crippen LogP contribution is 2.11. The van der Waals surface area contributed by atoms with Crippen molar-refractivity contribution in [3.8, 4) is 5.75 Å². The number of aromatic nitrogens is 1. The topological polar surface area (TPSA) is 49.8 Å². The van der Waals surface area contributed by atoms with Crippen LogP contribution in [0.15, 0.2) is 34.6 Å². The maximum absolute atomic E-state index is 12.8. The number of nitrogens with zero attached hydrogens (tertiary/aromatic N) is 3. The summed E-state index contributed by atoms with van der Waals surface area (Å²) in [5, 5.41) is 6.50. The first-order valence-electron chi connectivity index (χ1n) is 7.85. The fourth-order valence-electron chi connectivity index (χ4n) is 2.08. The van der Waals surface area contributed by atoms with E-state index in [1.54, 1.807) is 30.5 Å². The molecule has 2 aromatic rings. The van der Waals surface area contributed by atoms with Gasteiger partial charge in [-0.3, -0.25) is 4.99 Å². The largest absolute Gasteiger partial charge is 0.492 e. The number of guanidine groups is 1. The Hall–Kier alpha value is -2.15. The summed E-state index contributed by atoms with van der Waals surface area (Å²) in [6, 6.07) is 6.02. The molecule has 0 aliphatic carbocycles. The molecule has 0 saturated heterocycles. The van der Waals surface area contributed by atoms with Crippen molar-refractivity contribution in [2.24, 2.45) is 4.99 Å². The number of ether oxygens (including phenoxy) is 1. The number of hydrogen-bond acceptors (Lipinski definition) is 4. The summed E-state index contributed by atoms with van der Waals surface area (Å²) < 4.78 is 18.5. The zero-order valence-electron chi connectivity index (χ0n) is 14.3. The minimum Gasteiger partial charge on any atom is -0.492 e. The standard InChI is InChI=1S/C17H23FN4OS/c1-4-16-21-14(12-24-16)11-20-17(19-2)22(3)9-10-23-15-7-5-13(18)6-8-15/h5-8,12H,4,9-11H2,1-3H3,(H,19,20). The first kappa shape index (κ1) is 18.2. The first-order valence-corrected chi connectivity index (χ1v) is 8.73. The van der Waals surface area contributed by atoms with E-state index in [9.17, 15) is 4.39 Å². The van der Waals surface area contributed by atoms with Crippen molar-refractivity contribution in [3.63, 3.8) is 0 Å². The van der Waals surface area contributed by atoms with Crippen molar-refractivity contribution in [2.75, 3.05) is 27.2 Å². The number of nitrogens with one attached hydrogen (secondary N) is 1. The van der Waals surface area contributed by atoms with Crippen LogP contribution in [0, 0.1) is 5.82 Å². The normalized spacial score (nSPS) is 11.4. The van der Waals surface area contributed by atoms with Crippen molar-refractivity contribution in [1.82, 2.24) is 15.2 Å². The van der Waals surface area contributed by atoms with Gasteiger partial charge in [-0.25, -0.2) is 9.37 Å². The van der Waals surface area contributed by atoms with Gasteiger partial charge in [0.05, 0.1) is 23.8 Å². The Morgan fingerprint density at radius 3 is 2.75 bits per heavy atom. The SMILES string of the molecule is CCc1nc(CNC(=NC)N(C)CCOc2ccc(F)cc2)cs1. The van der Waals surface area contributed by atoms with Gasteiger partial charge in [0.2, 0.25) is 0 Å². The van der Waals surface area contributed by atoms with Crippen LogP contribution in [0.3, 0.4) is 0 Å². The lowest BCUT2D eigenvalue weighted by Crippen LogP contribution is -2.40. The van der Waals surface area contributed by atoms with E-state index >= 15 is 0 Å². The molecular weight excluding hydrogens is 327 g/mol. The van der Waals surface area contributed by atoms with Gasteiger partial charge in [0, 0.05) is 19.5 Å². The van der Waals surface area contributed by atoms with Gasteiger partial charge in [-0.15, -0.1) is 11.3 Å². The van der Waals surface area contributed by atoms with E-state index in [0.717, 1.165) is 23.1 Å². The number of aryl methyl sites for hydroxylation is 1. The predicted octanol–water partition coefficient (Wildman–Crippen LogP) is 2.93. The van der Waals surface area contributed by atoms with Gasteiger partial charge in [0.15, 0.2) is 5.96 Å². The molecule has 0 aliphatic heterocycles. The van der Waals surface area contributed by atoms with Crippen molar-refractivity contribution >= 4 is 17.3 Å². The highest BCUT2D eigenvalue weighted by atomic mass is 32.1. The molecule has 7 heteroatoms. The van der Waals surface area contributed by atoms with Crippen molar-refractivity contribution in [2.45, 2.75) is 19.9 Å².